The molecule has 0 rings (SSSR count). The van der Waals surface area contributed by atoms with Gasteiger partial charge in [0.15, 0.2) is 0 Å². The highest BCUT2D eigenvalue weighted by Gasteiger charge is 2.01. The van der Waals surface area contributed by atoms with E-state index in [2.05, 4.69) is 18.8 Å². The highest BCUT2D eigenvalue weighted by Crippen LogP contribution is 2.09. The molecule has 0 saturated heterocycles. The molecule has 0 aliphatic rings. The molecule has 0 aromatic rings. The molecule has 1 nitrogen and oxygen atoms in total. The first kappa shape index (κ1) is 9.23. The Morgan fingerprint density at radius 3 is 2.70 bits per heavy atom. The van der Waals surface area contributed by atoms with Crippen LogP contribution in [0.15, 0.2) is 0 Å². The zero-order valence-electron chi connectivity index (χ0n) is 6.68. The van der Waals surface area contributed by atoms with Gasteiger partial charge in [0, 0.05) is 12.8 Å². The van der Waals surface area contributed by atoms with Crippen LogP contribution in [0.1, 0.15) is 33.1 Å². The summed E-state index contributed by atoms with van der Waals surface area (Å²) >= 11 is 0. The van der Waals surface area contributed by atoms with Crippen molar-refractivity contribution in [3.63, 3.8) is 0 Å². The molecule has 0 bridgehead atoms. The van der Waals surface area contributed by atoms with Crippen LogP contribution in [0, 0.1) is 17.8 Å². The summed E-state index contributed by atoms with van der Waals surface area (Å²) in [4.78, 5) is 10.1. The summed E-state index contributed by atoms with van der Waals surface area (Å²) in [6.07, 6.45) is 3.55. The van der Waals surface area contributed by atoms with Crippen molar-refractivity contribution < 1.29 is 4.79 Å². The van der Waals surface area contributed by atoms with Gasteiger partial charge in [0.05, 0.1) is 0 Å². The largest absolute Gasteiger partial charge is 0.303 e. The minimum atomic E-state index is 0.477. The molecule has 0 aromatic heterocycles. The minimum Gasteiger partial charge on any atom is -0.303 e. The van der Waals surface area contributed by atoms with Crippen molar-refractivity contribution >= 4 is 6.29 Å². The molecular weight excluding hydrogens is 124 g/mol. The smallest absolute Gasteiger partial charge is 0.120 e. The zero-order chi connectivity index (χ0) is 7.82. The van der Waals surface area contributed by atoms with Crippen LogP contribution in [0.25, 0.3) is 0 Å². The van der Waals surface area contributed by atoms with Crippen molar-refractivity contribution in [1.29, 1.82) is 0 Å². The summed E-state index contributed by atoms with van der Waals surface area (Å²) in [6.45, 7) is 3.92. The van der Waals surface area contributed by atoms with E-state index in [1.165, 1.54) is 0 Å². The van der Waals surface area contributed by atoms with E-state index in [0.29, 0.717) is 12.3 Å². The molecule has 1 atom stereocenters. The van der Waals surface area contributed by atoms with Crippen LogP contribution in [0.3, 0.4) is 0 Å². The first-order valence-electron chi connectivity index (χ1n) is 3.68. The van der Waals surface area contributed by atoms with Crippen LogP contribution in [0.5, 0.6) is 0 Å². The van der Waals surface area contributed by atoms with Gasteiger partial charge in [-0.05, 0) is 12.8 Å². The maximum Gasteiger partial charge on any atom is 0.120 e. The molecule has 56 valence electrons. The molecule has 0 fully saturated rings. The first-order valence-corrected chi connectivity index (χ1v) is 3.68. The Kier molecular flexibility index (Phi) is 5.86. The van der Waals surface area contributed by atoms with E-state index in [1.807, 2.05) is 6.92 Å². The predicted octanol–water partition coefficient (Wildman–Crippen LogP) is 2.02. The van der Waals surface area contributed by atoms with E-state index in [1.54, 1.807) is 0 Å². The normalized spacial score (nSPS) is 11.4. The average molecular weight is 138 g/mol. The Hall–Kier alpha value is -0.770. The van der Waals surface area contributed by atoms with Crippen LogP contribution in [0.4, 0.5) is 0 Å². The third-order valence-electron chi connectivity index (χ3n) is 1.57. The molecule has 1 heteroatoms. The second-order valence-electron chi connectivity index (χ2n) is 2.31. The fourth-order valence-electron chi connectivity index (χ4n) is 0.777. The van der Waals surface area contributed by atoms with E-state index in [0.717, 1.165) is 19.1 Å². The van der Waals surface area contributed by atoms with E-state index in [9.17, 15) is 4.79 Å². The number of rotatable bonds is 4. The standard InChI is InChI=1S/C9H14O/c1-3-5-6-9(4-2)7-8-10/h8-9H,4,6-7H2,1-2H3. The summed E-state index contributed by atoms with van der Waals surface area (Å²) < 4.78 is 0. The van der Waals surface area contributed by atoms with Gasteiger partial charge in [0.25, 0.3) is 0 Å². The molecule has 1 unspecified atom stereocenters. The van der Waals surface area contributed by atoms with Crippen LogP contribution in [-0.4, -0.2) is 6.29 Å². The van der Waals surface area contributed by atoms with Crippen molar-refractivity contribution in [2.75, 3.05) is 0 Å². The van der Waals surface area contributed by atoms with Crippen molar-refractivity contribution in [3.05, 3.63) is 0 Å². The van der Waals surface area contributed by atoms with E-state index < -0.39 is 0 Å². The van der Waals surface area contributed by atoms with Crippen LogP contribution in [0.2, 0.25) is 0 Å². The van der Waals surface area contributed by atoms with Crippen molar-refractivity contribution in [3.8, 4) is 11.8 Å². The lowest BCUT2D eigenvalue weighted by molar-refractivity contribution is -0.108. The van der Waals surface area contributed by atoms with Gasteiger partial charge >= 0.3 is 0 Å². The average Bonchev–Trinajstić information content (AvgIpc) is 1.98. The lowest BCUT2D eigenvalue weighted by Gasteiger charge is -2.04. The van der Waals surface area contributed by atoms with E-state index in [4.69, 9.17) is 0 Å². The summed E-state index contributed by atoms with van der Waals surface area (Å²) in [5.74, 6) is 6.28. The molecule has 0 heterocycles. The summed E-state index contributed by atoms with van der Waals surface area (Å²) in [5.41, 5.74) is 0. The quantitative estimate of drug-likeness (QED) is 0.429. The summed E-state index contributed by atoms with van der Waals surface area (Å²) in [6, 6.07) is 0. The monoisotopic (exact) mass is 138 g/mol. The molecule has 0 aliphatic heterocycles. The van der Waals surface area contributed by atoms with E-state index in [-0.39, 0.29) is 0 Å². The van der Waals surface area contributed by atoms with Gasteiger partial charge in [-0.2, -0.15) is 0 Å². The highest BCUT2D eigenvalue weighted by molar-refractivity contribution is 5.49. The molecule has 0 aliphatic carbocycles. The van der Waals surface area contributed by atoms with Gasteiger partial charge in [-0.1, -0.05) is 13.3 Å². The first-order chi connectivity index (χ1) is 4.85. The lowest BCUT2D eigenvalue weighted by Crippen LogP contribution is -1.97. The van der Waals surface area contributed by atoms with Gasteiger partial charge in [0.2, 0.25) is 0 Å². The Morgan fingerprint density at radius 2 is 2.30 bits per heavy atom. The topological polar surface area (TPSA) is 17.1 Å². The molecule has 0 aromatic carbocycles. The highest BCUT2D eigenvalue weighted by atomic mass is 16.1. The summed E-state index contributed by atoms with van der Waals surface area (Å²) in [5, 5.41) is 0. The van der Waals surface area contributed by atoms with E-state index >= 15 is 0 Å². The maximum absolute atomic E-state index is 10.1. The Morgan fingerprint density at radius 1 is 1.60 bits per heavy atom. The fraction of sp³-hybridized carbons (Fsp3) is 0.667. The molecule has 10 heavy (non-hydrogen) atoms. The van der Waals surface area contributed by atoms with Gasteiger partial charge in [-0.25, -0.2) is 0 Å². The molecule has 0 saturated carbocycles. The lowest BCUT2D eigenvalue weighted by atomic mass is 10.00. The number of carbonyl (C=O) groups excluding carboxylic acids is 1. The minimum absolute atomic E-state index is 0.477. The van der Waals surface area contributed by atoms with Gasteiger partial charge in [-0.15, -0.1) is 11.8 Å². The van der Waals surface area contributed by atoms with Crippen molar-refractivity contribution in [2.45, 2.75) is 33.1 Å². The van der Waals surface area contributed by atoms with Gasteiger partial charge in [-0.3, -0.25) is 0 Å². The predicted molar refractivity (Wildman–Crippen MR) is 42.5 cm³/mol. The maximum atomic E-state index is 10.1. The molecule has 0 amide bonds. The molecule has 0 N–H and O–H groups in total. The van der Waals surface area contributed by atoms with Crippen molar-refractivity contribution in [2.24, 2.45) is 5.92 Å². The SMILES string of the molecule is CC#CCC(CC)CC=O. The van der Waals surface area contributed by atoms with Crippen LogP contribution >= 0.6 is 0 Å². The van der Waals surface area contributed by atoms with Crippen molar-refractivity contribution in [1.82, 2.24) is 0 Å². The third kappa shape index (κ3) is 4.14. The number of hydrogen-bond acceptors (Lipinski definition) is 1. The Bertz CT molecular complexity index is 139. The van der Waals surface area contributed by atoms with Gasteiger partial charge in [0.1, 0.15) is 6.29 Å². The van der Waals surface area contributed by atoms with Gasteiger partial charge < -0.3 is 4.79 Å². The third-order valence-corrected chi connectivity index (χ3v) is 1.57. The Balaban J connectivity index is 3.55. The molecule has 0 radical (unpaired) electrons. The number of carbonyl (C=O) groups is 1. The number of aldehydes is 1. The van der Waals surface area contributed by atoms with Crippen LogP contribution < -0.4 is 0 Å². The second-order valence-corrected chi connectivity index (χ2v) is 2.31. The van der Waals surface area contributed by atoms with Crippen LogP contribution in [-0.2, 0) is 4.79 Å². The Labute approximate surface area is 62.8 Å². The molecular formula is C9H14O. The zero-order valence-corrected chi connectivity index (χ0v) is 6.68. The number of hydrogen-bond donors (Lipinski definition) is 0. The second kappa shape index (κ2) is 6.35. The fourth-order valence-corrected chi connectivity index (χ4v) is 0.777. The molecule has 0 spiro atoms. The summed E-state index contributed by atoms with van der Waals surface area (Å²) in [7, 11) is 0.